The lowest BCUT2D eigenvalue weighted by Crippen LogP contribution is -2.48. The standard InChI is InChI=1S/C32H46O6/c1-23(2)27(33-35-29(5,6)7)31(11,25-19-15-13-16-20-25)37-38-32(12,26-21-17-14-18-22-26)28(24(3)4)34-36-30(8,9)10/h13-22,27-28H,1,3H2,2,4-12H3. The Balaban J connectivity index is 2.58. The van der Waals surface area contributed by atoms with Gasteiger partial charge in [0.1, 0.15) is 12.2 Å². The molecule has 0 aromatic heterocycles. The predicted molar refractivity (Wildman–Crippen MR) is 151 cm³/mol. The number of benzene rings is 2. The van der Waals surface area contributed by atoms with Crippen LogP contribution in [-0.2, 0) is 40.5 Å². The van der Waals surface area contributed by atoms with E-state index in [1.807, 2.05) is 130 Å². The van der Waals surface area contributed by atoms with Gasteiger partial charge in [0.2, 0.25) is 0 Å². The molecule has 0 amide bonds. The predicted octanol–water partition coefficient (Wildman–Crippen LogP) is 8.15. The molecule has 0 fully saturated rings. The summed E-state index contributed by atoms with van der Waals surface area (Å²) in [6, 6.07) is 19.4. The average Bonchev–Trinajstić information content (AvgIpc) is 2.82. The molecule has 38 heavy (non-hydrogen) atoms. The van der Waals surface area contributed by atoms with Crippen LogP contribution >= 0.6 is 0 Å². The fourth-order valence-electron chi connectivity index (χ4n) is 3.87. The van der Waals surface area contributed by atoms with Crippen LogP contribution in [0.3, 0.4) is 0 Å². The van der Waals surface area contributed by atoms with Crippen molar-refractivity contribution in [1.82, 2.24) is 0 Å². The van der Waals surface area contributed by atoms with Gasteiger partial charge in [0.05, 0.1) is 11.2 Å². The fourth-order valence-corrected chi connectivity index (χ4v) is 3.87. The first kappa shape index (κ1) is 31.9. The molecule has 0 aliphatic rings. The molecule has 210 valence electrons. The van der Waals surface area contributed by atoms with Crippen LogP contribution in [-0.4, -0.2) is 23.4 Å². The van der Waals surface area contributed by atoms with Gasteiger partial charge in [-0.2, -0.15) is 0 Å². The van der Waals surface area contributed by atoms with Crippen LogP contribution in [0.1, 0.15) is 80.4 Å². The van der Waals surface area contributed by atoms with Crippen molar-refractivity contribution in [3.05, 3.63) is 96.1 Å². The van der Waals surface area contributed by atoms with E-state index in [-0.39, 0.29) is 0 Å². The van der Waals surface area contributed by atoms with E-state index in [4.69, 9.17) is 29.3 Å². The van der Waals surface area contributed by atoms with Gasteiger partial charge in [0.25, 0.3) is 0 Å². The summed E-state index contributed by atoms with van der Waals surface area (Å²) in [6.07, 6.45) is -1.42. The molecule has 0 spiro atoms. The Morgan fingerprint density at radius 2 is 0.816 bits per heavy atom. The molecule has 4 unspecified atom stereocenters. The highest BCUT2D eigenvalue weighted by Crippen LogP contribution is 2.41. The lowest BCUT2D eigenvalue weighted by molar-refractivity contribution is -0.483. The van der Waals surface area contributed by atoms with Gasteiger partial charge >= 0.3 is 0 Å². The summed E-state index contributed by atoms with van der Waals surface area (Å²) in [5.41, 5.74) is -0.359. The molecule has 0 radical (unpaired) electrons. The molecule has 0 heterocycles. The van der Waals surface area contributed by atoms with Gasteiger partial charge in [-0.15, -0.1) is 0 Å². The van der Waals surface area contributed by atoms with Crippen molar-refractivity contribution in [2.45, 2.75) is 104 Å². The molecule has 2 aromatic carbocycles. The zero-order valence-corrected chi connectivity index (χ0v) is 24.8. The minimum atomic E-state index is -1.15. The quantitative estimate of drug-likeness (QED) is 0.149. The first-order chi connectivity index (χ1) is 17.5. The van der Waals surface area contributed by atoms with Crippen molar-refractivity contribution in [1.29, 1.82) is 0 Å². The van der Waals surface area contributed by atoms with Crippen LogP contribution in [0.4, 0.5) is 0 Å². The van der Waals surface area contributed by atoms with Crippen molar-refractivity contribution >= 4 is 0 Å². The van der Waals surface area contributed by atoms with E-state index >= 15 is 0 Å². The van der Waals surface area contributed by atoms with Gasteiger partial charge in [-0.3, -0.25) is 0 Å². The Labute approximate surface area is 229 Å². The zero-order chi connectivity index (χ0) is 28.8. The second kappa shape index (κ2) is 12.7. The van der Waals surface area contributed by atoms with Gasteiger partial charge in [-0.05, 0) is 91.5 Å². The van der Waals surface area contributed by atoms with Crippen molar-refractivity contribution < 1.29 is 29.3 Å². The smallest absolute Gasteiger partial charge is 0.159 e. The van der Waals surface area contributed by atoms with Crippen LogP contribution in [0.15, 0.2) is 85.0 Å². The molecule has 0 aliphatic heterocycles. The molecule has 0 aliphatic carbocycles. The Hall–Kier alpha value is -2.32. The third-order valence-electron chi connectivity index (χ3n) is 5.77. The molecule has 2 rings (SSSR count). The minimum absolute atomic E-state index is 0.548. The third kappa shape index (κ3) is 8.60. The van der Waals surface area contributed by atoms with Crippen molar-refractivity contribution in [2.75, 3.05) is 0 Å². The summed E-state index contributed by atoms with van der Waals surface area (Å²) in [4.78, 5) is 36.3. The molecule has 6 nitrogen and oxygen atoms in total. The second-order valence-electron chi connectivity index (χ2n) is 12.1. The Morgan fingerprint density at radius 3 is 1.05 bits per heavy atom. The van der Waals surface area contributed by atoms with E-state index < -0.39 is 34.6 Å². The maximum atomic E-state index is 6.44. The molecule has 0 saturated carbocycles. The maximum Gasteiger partial charge on any atom is 0.159 e. The van der Waals surface area contributed by atoms with Crippen LogP contribution in [0, 0.1) is 0 Å². The fraction of sp³-hybridized carbons (Fsp3) is 0.500. The molecule has 0 bridgehead atoms. The van der Waals surface area contributed by atoms with Gasteiger partial charge in [0.15, 0.2) is 11.2 Å². The largest absolute Gasteiger partial charge is 0.230 e. The average molecular weight is 527 g/mol. The monoisotopic (exact) mass is 526 g/mol. The summed E-state index contributed by atoms with van der Waals surface area (Å²) in [5.74, 6) is 0. The van der Waals surface area contributed by atoms with Gasteiger partial charge in [-0.1, -0.05) is 73.8 Å². The van der Waals surface area contributed by atoms with Gasteiger partial charge in [-0.25, -0.2) is 29.3 Å². The summed E-state index contributed by atoms with van der Waals surface area (Å²) in [7, 11) is 0. The topological polar surface area (TPSA) is 55.4 Å². The summed E-state index contributed by atoms with van der Waals surface area (Å²) in [5, 5.41) is 0. The number of hydrogen-bond acceptors (Lipinski definition) is 6. The highest BCUT2D eigenvalue weighted by Gasteiger charge is 2.48. The molecule has 0 N–H and O–H groups in total. The van der Waals surface area contributed by atoms with Crippen LogP contribution in [0.5, 0.6) is 0 Å². The van der Waals surface area contributed by atoms with Crippen LogP contribution < -0.4 is 0 Å². The Kier molecular flexibility index (Phi) is 10.7. The lowest BCUT2D eigenvalue weighted by Gasteiger charge is -2.42. The molecule has 4 atom stereocenters. The normalized spacial score (nSPS) is 17.2. The highest BCUT2D eigenvalue weighted by molar-refractivity contribution is 5.28. The van der Waals surface area contributed by atoms with Crippen molar-refractivity contribution in [3.8, 4) is 0 Å². The van der Waals surface area contributed by atoms with E-state index in [0.29, 0.717) is 11.1 Å². The van der Waals surface area contributed by atoms with E-state index in [0.717, 1.165) is 11.1 Å². The van der Waals surface area contributed by atoms with Gasteiger partial charge < -0.3 is 0 Å². The zero-order valence-electron chi connectivity index (χ0n) is 24.8. The van der Waals surface area contributed by atoms with E-state index in [9.17, 15) is 0 Å². The van der Waals surface area contributed by atoms with Crippen molar-refractivity contribution in [2.24, 2.45) is 0 Å². The number of rotatable bonds is 13. The Bertz CT molecular complexity index is 952. The second-order valence-corrected chi connectivity index (χ2v) is 12.1. The van der Waals surface area contributed by atoms with Crippen LogP contribution in [0.2, 0.25) is 0 Å². The van der Waals surface area contributed by atoms with E-state index in [1.54, 1.807) is 0 Å². The summed E-state index contributed by atoms with van der Waals surface area (Å²) < 4.78 is 0. The SMILES string of the molecule is C=C(C)C(OOC(C)(C)C)C(C)(OOC(C)(c1ccccc1)C(OOC(C)(C)C)C(=C)C)c1ccccc1. The minimum Gasteiger partial charge on any atom is -0.230 e. The maximum absolute atomic E-state index is 6.44. The number of hydrogen-bond donors (Lipinski definition) is 0. The molecular formula is C32H46O6. The highest BCUT2D eigenvalue weighted by atomic mass is 17.3. The first-order valence-corrected chi connectivity index (χ1v) is 13.0. The molecular weight excluding hydrogens is 480 g/mol. The molecule has 0 saturated heterocycles. The molecule has 2 aromatic rings. The molecule has 6 heteroatoms. The van der Waals surface area contributed by atoms with Crippen LogP contribution in [0.25, 0.3) is 0 Å². The van der Waals surface area contributed by atoms with Gasteiger partial charge in [0, 0.05) is 0 Å². The first-order valence-electron chi connectivity index (χ1n) is 13.0. The summed E-state index contributed by atoms with van der Waals surface area (Å²) >= 11 is 0. The lowest BCUT2D eigenvalue weighted by atomic mass is 9.86. The summed E-state index contributed by atoms with van der Waals surface area (Å²) in [6.45, 7) is 27.3. The van der Waals surface area contributed by atoms with E-state index in [1.165, 1.54) is 0 Å². The van der Waals surface area contributed by atoms with E-state index in [2.05, 4.69) is 13.2 Å². The Morgan fingerprint density at radius 1 is 0.526 bits per heavy atom. The van der Waals surface area contributed by atoms with Crippen molar-refractivity contribution in [3.63, 3.8) is 0 Å². The third-order valence-corrected chi connectivity index (χ3v) is 5.77.